The Kier molecular flexibility index (Phi) is 4.47. The maximum atomic E-state index is 10.2. The van der Waals surface area contributed by atoms with Gasteiger partial charge in [-0.3, -0.25) is 0 Å². The second-order valence-electron chi connectivity index (χ2n) is 4.13. The van der Waals surface area contributed by atoms with Crippen molar-refractivity contribution in [3.63, 3.8) is 0 Å². The van der Waals surface area contributed by atoms with Gasteiger partial charge in [-0.2, -0.15) is 0 Å². The quantitative estimate of drug-likeness (QED) is 0.857. The molecule has 5 heteroatoms. The minimum atomic E-state index is -0.569. The van der Waals surface area contributed by atoms with Crippen LogP contribution in [-0.2, 0) is 0 Å². The molecule has 0 amide bonds. The molecular formula is C11H15Br2NO2. The Balaban J connectivity index is 2.07. The monoisotopic (exact) mass is 351 g/mol. The highest BCUT2D eigenvalue weighted by Gasteiger charge is 2.25. The van der Waals surface area contributed by atoms with Gasteiger partial charge in [-0.25, -0.2) is 0 Å². The average molecular weight is 353 g/mol. The van der Waals surface area contributed by atoms with Gasteiger partial charge in [0.15, 0.2) is 4.67 Å². The molecule has 16 heavy (non-hydrogen) atoms. The van der Waals surface area contributed by atoms with Crippen LogP contribution in [0.4, 0.5) is 0 Å². The second-order valence-corrected chi connectivity index (χ2v) is 5.70. The summed E-state index contributed by atoms with van der Waals surface area (Å²) < 4.78 is 6.93. The predicted molar refractivity (Wildman–Crippen MR) is 69.3 cm³/mol. The molecule has 0 saturated carbocycles. The van der Waals surface area contributed by atoms with Crippen molar-refractivity contribution >= 4 is 31.9 Å². The minimum absolute atomic E-state index is 0.104. The van der Waals surface area contributed by atoms with Gasteiger partial charge >= 0.3 is 0 Å². The molecule has 0 spiro atoms. The number of furan rings is 1. The fourth-order valence-electron chi connectivity index (χ4n) is 2.03. The molecule has 2 unspecified atom stereocenters. The van der Waals surface area contributed by atoms with E-state index in [9.17, 15) is 5.11 Å². The molecule has 1 aromatic rings. The molecule has 1 aromatic heterocycles. The molecule has 1 fully saturated rings. The van der Waals surface area contributed by atoms with Gasteiger partial charge in [0, 0.05) is 6.04 Å². The highest BCUT2D eigenvalue weighted by molar-refractivity contribution is 9.13. The average Bonchev–Trinajstić information content (AvgIpc) is 2.51. The third kappa shape index (κ3) is 2.88. The molecule has 1 aliphatic heterocycles. The van der Waals surface area contributed by atoms with Crippen molar-refractivity contribution in [2.75, 3.05) is 6.54 Å². The van der Waals surface area contributed by atoms with Gasteiger partial charge in [-0.15, -0.1) is 0 Å². The smallest absolute Gasteiger partial charge is 0.183 e. The van der Waals surface area contributed by atoms with Crippen LogP contribution in [-0.4, -0.2) is 17.7 Å². The SMILES string of the molecule is OC(c1cc(Br)c(Br)o1)C1CCCCCN1. The summed E-state index contributed by atoms with van der Waals surface area (Å²) in [6.07, 6.45) is 4.02. The largest absolute Gasteiger partial charge is 0.450 e. The van der Waals surface area contributed by atoms with Crippen molar-refractivity contribution in [3.05, 3.63) is 21.0 Å². The highest BCUT2D eigenvalue weighted by atomic mass is 79.9. The molecule has 1 aliphatic rings. The van der Waals surface area contributed by atoms with E-state index in [-0.39, 0.29) is 6.04 Å². The molecule has 1 saturated heterocycles. The Hall–Kier alpha value is 0.160. The normalized spacial score (nSPS) is 24.1. The van der Waals surface area contributed by atoms with Crippen molar-refractivity contribution < 1.29 is 9.52 Å². The molecule has 2 atom stereocenters. The van der Waals surface area contributed by atoms with E-state index in [1.807, 2.05) is 6.07 Å². The third-order valence-electron chi connectivity index (χ3n) is 2.94. The van der Waals surface area contributed by atoms with E-state index in [4.69, 9.17) is 4.42 Å². The van der Waals surface area contributed by atoms with Crippen molar-refractivity contribution in [3.8, 4) is 0 Å². The van der Waals surface area contributed by atoms with Crippen LogP contribution in [0.15, 0.2) is 19.6 Å². The predicted octanol–water partition coefficient (Wildman–Crippen LogP) is 3.37. The van der Waals surface area contributed by atoms with E-state index in [2.05, 4.69) is 37.2 Å². The lowest BCUT2D eigenvalue weighted by Gasteiger charge is -2.20. The first-order chi connectivity index (χ1) is 7.68. The number of aliphatic hydroxyl groups is 1. The number of halogens is 2. The summed E-state index contributed by atoms with van der Waals surface area (Å²) in [4.78, 5) is 0. The van der Waals surface area contributed by atoms with E-state index in [0.29, 0.717) is 10.4 Å². The first kappa shape index (κ1) is 12.6. The number of hydrogen-bond acceptors (Lipinski definition) is 3. The molecular weight excluding hydrogens is 338 g/mol. The molecule has 2 N–H and O–H groups in total. The molecule has 90 valence electrons. The zero-order valence-corrected chi connectivity index (χ0v) is 12.1. The zero-order valence-electron chi connectivity index (χ0n) is 8.88. The van der Waals surface area contributed by atoms with Crippen LogP contribution in [0, 0.1) is 0 Å². The zero-order chi connectivity index (χ0) is 11.5. The molecule has 0 aliphatic carbocycles. The Labute approximate surface area is 112 Å². The lowest BCUT2D eigenvalue weighted by atomic mass is 10.0. The first-order valence-electron chi connectivity index (χ1n) is 5.54. The third-order valence-corrected chi connectivity index (χ3v) is 4.65. The Morgan fingerprint density at radius 1 is 1.38 bits per heavy atom. The Bertz CT molecular complexity index is 326. The van der Waals surface area contributed by atoms with Crippen LogP contribution in [0.1, 0.15) is 37.5 Å². The van der Waals surface area contributed by atoms with Gasteiger partial charge in [-0.1, -0.05) is 12.8 Å². The standard InChI is InChI=1S/C11H15Br2NO2/c12-7-6-9(16-11(7)13)10(15)8-4-2-1-3-5-14-8/h6,8,10,14-15H,1-5H2. The minimum Gasteiger partial charge on any atom is -0.450 e. The highest BCUT2D eigenvalue weighted by Crippen LogP contribution is 2.32. The fraction of sp³-hybridized carbons (Fsp3) is 0.636. The van der Waals surface area contributed by atoms with Crippen LogP contribution < -0.4 is 5.32 Å². The summed E-state index contributed by atoms with van der Waals surface area (Å²) in [6.45, 7) is 0.977. The van der Waals surface area contributed by atoms with Gasteiger partial charge in [0.05, 0.1) is 4.47 Å². The van der Waals surface area contributed by atoms with Crippen molar-refractivity contribution in [2.24, 2.45) is 0 Å². The molecule has 2 heterocycles. The summed E-state index contributed by atoms with van der Waals surface area (Å²) in [5, 5.41) is 13.6. The molecule has 3 nitrogen and oxygen atoms in total. The number of nitrogens with one attached hydrogen (secondary N) is 1. The molecule has 0 bridgehead atoms. The van der Waals surface area contributed by atoms with Gasteiger partial charge in [0.25, 0.3) is 0 Å². The summed E-state index contributed by atoms with van der Waals surface area (Å²) in [6, 6.07) is 1.92. The lowest BCUT2D eigenvalue weighted by molar-refractivity contribution is 0.102. The molecule has 0 radical (unpaired) electrons. The Morgan fingerprint density at radius 3 is 2.88 bits per heavy atom. The van der Waals surface area contributed by atoms with Crippen LogP contribution in [0.2, 0.25) is 0 Å². The summed E-state index contributed by atoms with van der Waals surface area (Å²) in [7, 11) is 0. The van der Waals surface area contributed by atoms with Crippen LogP contribution in [0.25, 0.3) is 0 Å². The van der Waals surface area contributed by atoms with E-state index < -0.39 is 6.10 Å². The second kappa shape index (κ2) is 5.67. The molecule has 0 aromatic carbocycles. The van der Waals surface area contributed by atoms with Crippen molar-refractivity contribution in [2.45, 2.75) is 37.8 Å². The number of aliphatic hydroxyl groups excluding tert-OH is 1. The molecule has 2 rings (SSSR count). The van der Waals surface area contributed by atoms with Crippen molar-refractivity contribution in [1.82, 2.24) is 5.32 Å². The number of hydrogen-bond donors (Lipinski definition) is 2. The maximum Gasteiger partial charge on any atom is 0.183 e. The topological polar surface area (TPSA) is 45.4 Å². The van der Waals surface area contributed by atoms with Crippen molar-refractivity contribution in [1.29, 1.82) is 0 Å². The van der Waals surface area contributed by atoms with Gasteiger partial charge < -0.3 is 14.8 Å². The van der Waals surface area contributed by atoms with E-state index in [1.54, 1.807) is 0 Å². The van der Waals surface area contributed by atoms with Crippen LogP contribution in [0.5, 0.6) is 0 Å². The number of rotatable bonds is 2. The van der Waals surface area contributed by atoms with Gasteiger partial charge in [0.2, 0.25) is 0 Å². The van der Waals surface area contributed by atoms with Crippen LogP contribution in [0.3, 0.4) is 0 Å². The summed E-state index contributed by atoms with van der Waals surface area (Å²) in [5.41, 5.74) is 0. The maximum absolute atomic E-state index is 10.2. The Morgan fingerprint density at radius 2 is 2.19 bits per heavy atom. The van der Waals surface area contributed by atoms with Crippen LogP contribution >= 0.6 is 31.9 Å². The lowest BCUT2D eigenvalue weighted by Crippen LogP contribution is -2.34. The van der Waals surface area contributed by atoms with E-state index >= 15 is 0 Å². The first-order valence-corrected chi connectivity index (χ1v) is 7.13. The fourth-order valence-corrected chi connectivity index (χ4v) is 2.64. The van der Waals surface area contributed by atoms with E-state index in [1.165, 1.54) is 12.8 Å². The van der Waals surface area contributed by atoms with E-state index in [0.717, 1.165) is 23.9 Å². The van der Waals surface area contributed by atoms with Gasteiger partial charge in [0.1, 0.15) is 11.9 Å². The summed E-state index contributed by atoms with van der Waals surface area (Å²) >= 11 is 6.63. The summed E-state index contributed by atoms with van der Waals surface area (Å²) in [5.74, 6) is 0.609. The van der Waals surface area contributed by atoms with Gasteiger partial charge in [-0.05, 0) is 57.3 Å².